The van der Waals surface area contributed by atoms with Crippen molar-refractivity contribution in [3.63, 3.8) is 0 Å². The lowest BCUT2D eigenvalue weighted by Crippen LogP contribution is -2.20. The fourth-order valence-corrected chi connectivity index (χ4v) is 3.01. The molecule has 0 amide bonds. The predicted octanol–water partition coefficient (Wildman–Crippen LogP) is 2.69. The van der Waals surface area contributed by atoms with E-state index in [0.29, 0.717) is 5.75 Å². The molecule has 0 aliphatic rings. The summed E-state index contributed by atoms with van der Waals surface area (Å²) in [5.41, 5.74) is 3.97. The minimum atomic E-state index is -0.519. The van der Waals surface area contributed by atoms with Crippen LogP contribution >= 0.6 is 23.1 Å². The Bertz CT molecular complexity index is 517. The Hall–Kier alpha value is -1.11. The lowest BCUT2D eigenvalue weighted by atomic mass is 10.1. The molecule has 2 rings (SSSR count). The molecule has 0 bridgehead atoms. The van der Waals surface area contributed by atoms with Gasteiger partial charge in [0, 0.05) is 5.75 Å². The van der Waals surface area contributed by atoms with E-state index < -0.39 is 6.10 Å². The van der Waals surface area contributed by atoms with Gasteiger partial charge in [0.1, 0.15) is 17.9 Å². The van der Waals surface area contributed by atoms with Crippen molar-refractivity contribution in [2.24, 2.45) is 0 Å². The third-order valence-electron chi connectivity index (χ3n) is 2.50. The molecule has 1 heterocycles. The van der Waals surface area contributed by atoms with E-state index in [0.717, 1.165) is 15.7 Å². The minimum Gasteiger partial charge on any atom is -0.491 e. The van der Waals surface area contributed by atoms with Crippen LogP contribution in [0, 0.1) is 13.8 Å². The third-order valence-corrected chi connectivity index (χ3v) is 4.51. The number of ether oxygens (including phenoxy) is 1. The maximum atomic E-state index is 9.87. The second-order valence-electron chi connectivity index (χ2n) is 4.25. The highest BCUT2D eigenvalue weighted by Gasteiger charge is 2.09. The lowest BCUT2D eigenvalue weighted by molar-refractivity contribution is 0.126. The topological polar surface area (TPSA) is 55.2 Å². The molecule has 4 nitrogen and oxygen atoms in total. The average molecular weight is 296 g/mol. The molecule has 19 heavy (non-hydrogen) atoms. The Labute approximate surface area is 120 Å². The van der Waals surface area contributed by atoms with Gasteiger partial charge in [-0.3, -0.25) is 0 Å². The molecule has 2 aromatic rings. The van der Waals surface area contributed by atoms with E-state index in [-0.39, 0.29) is 6.61 Å². The summed E-state index contributed by atoms with van der Waals surface area (Å²) in [5.74, 6) is 1.38. The van der Waals surface area contributed by atoms with Gasteiger partial charge in [-0.2, -0.15) is 0 Å². The standard InChI is InChI=1S/C13H16N2O2S2/c1-9-3-4-12(10(2)5-9)17-6-11(16)7-18-13-15-14-8-19-13/h3-5,8,11,16H,6-7H2,1-2H3/t11-/m0/s1. The first-order valence-corrected chi connectivity index (χ1v) is 7.79. The summed E-state index contributed by atoms with van der Waals surface area (Å²) in [5, 5.41) is 17.5. The van der Waals surface area contributed by atoms with Gasteiger partial charge in [-0.15, -0.1) is 10.2 Å². The van der Waals surface area contributed by atoms with E-state index in [1.807, 2.05) is 26.0 Å². The average Bonchev–Trinajstić information content (AvgIpc) is 2.88. The number of benzene rings is 1. The molecule has 1 aromatic carbocycles. The van der Waals surface area contributed by atoms with Crippen LogP contribution in [0.3, 0.4) is 0 Å². The van der Waals surface area contributed by atoms with E-state index >= 15 is 0 Å². The summed E-state index contributed by atoms with van der Waals surface area (Å²) in [7, 11) is 0. The maximum absolute atomic E-state index is 9.87. The van der Waals surface area contributed by atoms with Crippen LogP contribution in [0.2, 0.25) is 0 Å². The number of aryl methyl sites for hydroxylation is 2. The molecule has 0 saturated carbocycles. The van der Waals surface area contributed by atoms with Gasteiger partial charge in [-0.25, -0.2) is 0 Å². The molecule has 1 N–H and O–H groups in total. The normalized spacial score (nSPS) is 12.4. The number of aliphatic hydroxyl groups is 1. The first kappa shape index (κ1) is 14.3. The second kappa shape index (κ2) is 6.88. The van der Waals surface area contributed by atoms with E-state index in [9.17, 15) is 5.11 Å². The second-order valence-corrected chi connectivity index (χ2v) is 6.35. The molecule has 1 atom stereocenters. The van der Waals surface area contributed by atoms with Crippen molar-refractivity contribution in [2.45, 2.75) is 24.3 Å². The lowest BCUT2D eigenvalue weighted by Gasteiger charge is -2.13. The van der Waals surface area contributed by atoms with Crippen molar-refractivity contribution >= 4 is 23.1 Å². The minimum absolute atomic E-state index is 0.287. The highest BCUT2D eigenvalue weighted by atomic mass is 32.2. The fraction of sp³-hybridized carbons (Fsp3) is 0.385. The van der Waals surface area contributed by atoms with Gasteiger partial charge in [-0.05, 0) is 25.5 Å². The molecular formula is C13H16N2O2S2. The van der Waals surface area contributed by atoms with Crippen molar-refractivity contribution in [2.75, 3.05) is 12.4 Å². The summed E-state index contributed by atoms with van der Waals surface area (Å²) >= 11 is 2.96. The highest BCUT2D eigenvalue weighted by molar-refractivity contribution is 8.01. The maximum Gasteiger partial charge on any atom is 0.174 e. The molecule has 0 fully saturated rings. The smallest absolute Gasteiger partial charge is 0.174 e. The largest absolute Gasteiger partial charge is 0.491 e. The van der Waals surface area contributed by atoms with Crippen molar-refractivity contribution in [3.05, 3.63) is 34.8 Å². The Morgan fingerprint density at radius 3 is 2.95 bits per heavy atom. The van der Waals surface area contributed by atoms with E-state index in [1.165, 1.54) is 28.7 Å². The van der Waals surface area contributed by atoms with Gasteiger partial charge in [0.15, 0.2) is 4.34 Å². The zero-order valence-electron chi connectivity index (χ0n) is 10.9. The van der Waals surface area contributed by atoms with E-state index in [2.05, 4.69) is 16.3 Å². The number of thioether (sulfide) groups is 1. The Balaban J connectivity index is 1.78. The number of rotatable bonds is 6. The van der Waals surface area contributed by atoms with Crippen LogP contribution in [0.4, 0.5) is 0 Å². The number of hydrogen-bond donors (Lipinski definition) is 1. The summed E-state index contributed by atoms with van der Waals surface area (Å²) in [6, 6.07) is 6.01. The highest BCUT2D eigenvalue weighted by Crippen LogP contribution is 2.21. The van der Waals surface area contributed by atoms with Crippen LogP contribution in [-0.2, 0) is 0 Å². The fourth-order valence-electron chi connectivity index (χ4n) is 1.59. The summed E-state index contributed by atoms with van der Waals surface area (Å²) in [6.45, 7) is 4.34. The van der Waals surface area contributed by atoms with Crippen molar-refractivity contribution in [1.29, 1.82) is 0 Å². The summed E-state index contributed by atoms with van der Waals surface area (Å²) in [4.78, 5) is 0. The van der Waals surface area contributed by atoms with Crippen LogP contribution in [0.25, 0.3) is 0 Å². The van der Waals surface area contributed by atoms with Gasteiger partial charge < -0.3 is 9.84 Å². The number of hydrogen-bond acceptors (Lipinski definition) is 6. The molecule has 0 saturated heterocycles. The zero-order valence-corrected chi connectivity index (χ0v) is 12.5. The molecule has 0 radical (unpaired) electrons. The van der Waals surface area contributed by atoms with E-state index in [1.54, 1.807) is 5.51 Å². The Morgan fingerprint density at radius 1 is 1.42 bits per heavy atom. The van der Waals surface area contributed by atoms with Gasteiger partial charge in [0.05, 0.1) is 6.10 Å². The van der Waals surface area contributed by atoms with Crippen molar-refractivity contribution < 1.29 is 9.84 Å². The van der Waals surface area contributed by atoms with Gasteiger partial charge >= 0.3 is 0 Å². The Morgan fingerprint density at radius 2 is 2.26 bits per heavy atom. The van der Waals surface area contributed by atoms with Gasteiger partial charge in [0.2, 0.25) is 0 Å². The van der Waals surface area contributed by atoms with Crippen LogP contribution in [0.1, 0.15) is 11.1 Å². The van der Waals surface area contributed by atoms with Crippen LogP contribution < -0.4 is 4.74 Å². The van der Waals surface area contributed by atoms with Crippen LogP contribution in [-0.4, -0.2) is 33.8 Å². The number of nitrogens with zero attached hydrogens (tertiary/aromatic N) is 2. The molecule has 0 aliphatic heterocycles. The first-order valence-electron chi connectivity index (χ1n) is 5.92. The van der Waals surface area contributed by atoms with Crippen molar-refractivity contribution in [3.8, 4) is 5.75 Å². The molecule has 1 aromatic heterocycles. The van der Waals surface area contributed by atoms with Crippen molar-refractivity contribution in [1.82, 2.24) is 10.2 Å². The monoisotopic (exact) mass is 296 g/mol. The first-order chi connectivity index (χ1) is 9.15. The Kier molecular flexibility index (Phi) is 5.18. The number of aliphatic hydroxyl groups excluding tert-OH is 1. The third kappa shape index (κ3) is 4.49. The molecule has 6 heteroatoms. The molecule has 0 spiro atoms. The molecule has 0 aliphatic carbocycles. The quantitative estimate of drug-likeness (QED) is 0.831. The van der Waals surface area contributed by atoms with E-state index in [4.69, 9.17) is 4.74 Å². The zero-order chi connectivity index (χ0) is 13.7. The van der Waals surface area contributed by atoms with Gasteiger partial charge in [-0.1, -0.05) is 40.8 Å². The summed E-state index contributed by atoms with van der Waals surface area (Å²) in [6.07, 6.45) is -0.519. The molecule has 0 unspecified atom stereocenters. The number of aromatic nitrogens is 2. The SMILES string of the molecule is Cc1ccc(OC[C@H](O)CSc2nncs2)c(C)c1. The summed E-state index contributed by atoms with van der Waals surface area (Å²) < 4.78 is 6.49. The molecular weight excluding hydrogens is 280 g/mol. The van der Waals surface area contributed by atoms with Crippen LogP contribution in [0.15, 0.2) is 28.0 Å². The van der Waals surface area contributed by atoms with Gasteiger partial charge in [0.25, 0.3) is 0 Å². The van der Waals surface area contributed by atoms with Crippen LogP contribution in [0.5, 0.6) is 5.75 Å². The molecule has 102 valence electrons. The predicted molar refractivity (Wildman–Crippen MR) is 78.1 cm³/mol.